The summed E-state index contributed by atoms with van der Waals surface area (Å²) < 4.78 is 7.55. The van der Waals surface area contributed by atoms with Gasteiger partial charge >= 0.3 is 0 Å². The smallest absolute Gasteiger partial charge is 0.225 e. The standard InChI is InChI=1S/C17H28N4O2/c1-2-21-14-15(12-18-21)13-19-6-4-7-20(9-8-19)17(22)11-16-5-3-10-23-16/h12,14,16H,2-11,13H2,1H3. The Morgan fingerprint density at radius 3 is 2.96 bits per heavy atom. The zero-order valence-electron chi connectivity index (χ0n) is 14.1. The molecule has 3 rings (SSSR count). The number of nitrogens with zero attached hydrogens (tertiary/aromatic N) is 4. The lowest BCUT2D eigenvalue weighted by molar-refractivity contribution is -0.133. The van der Waals surface area contributed by atoms with E-state index in [1.165, 1.54) is 5.56 Å². The lowest BCUT2D eigenvalue weighted by Gasteiger charge is -2.23. The van der Waals surface area contributed by atoms with Gasteiger partial charge < -0.3 is 9.64 Å². The average molecular weight is 320 g/mol. The second-order valence-electron chi connectivity index (χ2n) is 6.55. The van der Waals surface area contributed by atoms with Crippen LogP contribution in [0.2, 0.25) is 0 Å². The summed E-state index contributed by atoms with van der Waals surface area (Å²) in [6.45, 7) is 8.43. The fourth-order valence-electron chi connectivity index (χ4n) is 3.43. The van der Waals surface area contributed by atoms with Crippen LogP contribution in [-0.2, 0) is 22.6 Å². The molecule has 2 saturated heterocycles. The molecule has 23 heavy (non-hydrogen) atoms. The third-order valence-electron chi connectivity index (χ3n) is 4.78. The van der Waals surface area contributed by atoms with Gasteiger partial charge in [0.1, 0.15) is 0 Å². The number of hydrogen-bond acceptors (Lipinski definition) is 4. The average Bonchev–Trinajstić information content (AvgIpc) is 3.16. The molecule has 0 N–H and O–H groups in total. The summed E-state index contributed by atoms with van der Waals surface area (Å²) in [5.41, 5.74) is 1.26. The van der Waals surface area contributed by atoms with Crippen LogP contribution in [0.1, 0.15) is 38.2 Å². The van der Waals surface area contributed by atoms with E-state index in [1.54, 1.807) is 0 Å². The quantitative estimate of drug-likeness (QED) is 0.825. The van der Waals surface area contributed by atoms with Gasteiger partial charge in [-0.25, -0.2) is 0 Å². The molecule has 0 saturated carbocycles. The first-order valence-corrected chi connectivity index (χ1v) is 8.87. The lowest BCUT2D eigenvalue weighted by Crippen LogP contribution is -2.36. The summed E-state index contributed by atoms with van der Waals surface area (Å²) in [6, 6.07) is 0. The van der Waals surface area contributed by atoms with Gasteiger partial charge in [0.25, 0.3) is 0 Å². The number of aromatic nitrogens is 2. The molecular weight excluding hydrogens is 292 g/mol. The minimum atomic E-state index is 0.154. The van der Waals surface area contributed by atoms with E-state index in [9.17, 15) is 4.79 Å². The second-order valence-corrected chi connectivity index (χ2v) is 6.55. The molecule has 1 amide bonds. The molecule has 0 radical (unpaired) electrons. The van der Waals surface area contributed by atoms with Gasteiger partial charge in [0.2, 0.25) is 5.91 Å². The third kappa shape index (κ3) is 4.54. The van der Waals surface area contributed by atoms with Crippen LogP contribution in [-0.4, -0.2) is 64.4 Å². The maximum Gasteiger partial charge on any atom is 0.225 e. The molecule has 1 atom stereocenters. The van der Waals surface area contributed by atoms with Gasteiger partial charge in [0.05, 0.1) is 18.7 Å². The summed E-state index contributed by atoms with van der Waals surface area (Å²) in [7, 11) is 0. The minimum absolute atomic E-state index is 0.154. The summed E-state index contributed by atoms with van der Waals surface area (Å²) in [5.74, 6) is 0.262. The highest BCUT2D eigenvalue weighted by Crippen LogP contribution is 2.17. The second kappa shape index (κ2) is 7.93. The molecule has 6 nitrogen and oxygen atoms in total. The molecule has 1 unspecified atom stereocenters. The molecule has 6 heteroatoms. The van der Waals surface area contributed by atoms with Crippen molar-refractivity contribution >= 4 is 5.91 Å². The molecule has 1 aromatic rings. The Morgan fingerprint density at radius 1 is 1.30 bits per heavy atom. The monoisotopic (exact) mass is 320 g/mol. The van der Waals surface area contributed by atoms with Crippen LogP contribution >= 0.6 is 0 Å². The third-order valence-corrected chi connectivity index (χ3v) is 4.78. The molecule has 2 fully saturated rings. The van der Waals surface area contributed by atoms with Crippen molar-refractivity contribution in [3.8, 4) is 0 Å². The minimum Gasteiger partial charge on any atom is -0.378 e. The molecule has 0 aromatic carbocycles. The van der Waals surface area contributed by atoms with Crippen molar-refractivity contribution in [1.82, 2.24) is 19.6 Å². The molecule has 2 aliphatic heterocycles. The first kappa shape index (κ1) is 16.5. The number of ether oxygens (including phenoxy) is 1. The summed E-state index contributed by atoms with van der Waals surface area (Å²) in [4.78, 5) is 16.9. The summed E-state index contributed by atoms with van der Waals surface area (Å²) in [6.07, 6.45) is 7.95. The summed E-state index contributed by atoms with van der Waals surface area (Å²) >= 11 is 0. The van der Waals surface area contributed by atoms with Gasteiger partial charge in [-0.05, 0) is 26.2 Å². The molecule has 3 heterocycles. The highest BCUT2D eigenvalue weighted by atomic mass is 16.5. The van der Waals surface area contributed by atoms with Crippen LogP contribution in [0.25, 0.3) is 0 Å². The van der Waals surface area contributed by atoms with Crippen molar-refractivity contribution in [3.05, 3.63) is 18.0 Å². The molecule has 2 aliphatic rings. The van der Waals surface area contributed by atoms with E-state index in [0.29, 0.717) is 6.42 Å². The Hall–Kier alpha value is -1.40. The highest BCUT2D eigenvalue weighted by Gasteiger charge is 2.24. The van der Waals surface area contributed by atoms with E-state index in [0.717, 1.165) is 65.1 Å². The van der Waals surface area contributed by atoms with Crippen molar-refractivity contribution in [2.75, 3.05) is 32.8 Å². The van der Waals surface area contributed by atoms with E-state index in [1.807, 2.05) is 15.8 Å². The number of amides is 1. The first-order chi connectivity index (χ1) is 11.2. The van der Waals surface area contributed by atoms with E-state index in [-0.39, 0.29) is 12.0 Å². The molecule has 1 aromatic heterocycles. The molecule has 0 bridgehead atoms. The van der Waals surface area contributed by atoms with Gasteiger partial charge in [-0.2, -0.15) is 5.10 Å². The molecule has 128 valence electrons. The zero-order chi connectivity index (χ0) is 16.1. The Kier molecular flexibility index (Phi) is 5.67. The summed E-state index contributed by atoms with van der Waals surface area (Å²) in [5, 5.41) is 4.34. The van der Waals surface area contributed by atoms with E-state index < -0.39 is 0 Å². The van der Waals surface area contributed by atoms with Crippen molar-refractivity contribution in [2.45, 2.75) is 51.8 Å². The highest BCUT2D eigenvalue weighted by molar-refractivity contribution is 5.76. The fraction of sp³-hybridized carbons (Fsp3) is 0.765. The topological polar surface area (TPSA) is 50.6 Å². The number of hydrogen-bond donors (Lipinski definition) is 0. The number of aryl methyl sites for hydroxylation is 1. The zero-order valence-corrected chi connectivity index (χ0v) is 14.1. The van der Waals surface area contributed by atoms with Crippen LogP contribution < -0.4 is 0 Å². The Morgan fingerprint density at radius 2 is 2.22 bits per heavy atom. The van der Waals surface area contributed by atoms with Gasteiger partial charge in [-0.1, -0.05) is 0 Å². The predicted octanol–water partition coefficient (Wildman–Crippen LogP) is 1.51. The maximum absolute atomic E-state index is 12.4. The van der Waals surface area contributed by atoms with Gasteiger partial charge in [-0.15, -0.1) is 0 Å². The van der Waals surface area contributed by atoms with Crippen molar-refractivity contribution < 1.29 is 9.53 Å². The Bertz CT molecular complexity index is 510. The van der Waals surface area contributed by atoms with E-state index >= 15 is 0 Å². The number of carbonyl (C=O) groups is 1. The number of rotatable bonds is 5. The SMILES string of the molecule is CCn1cc(CN2CCCN(C(=O)CC3CCCO3)CC2)cn1. The fourth-order valence-corrected chi connectivity index (χ4v) is 3.43. The van der Waals surface area contributed by atoms with Crippen LogP contribution in [0.4, 0.5) is 0 Å². The van der Waals surface area contributed by atoms with Crippen molar-refractivity contribution in [1.29, 1.82) is 0 Å². The van der Waals surface area contributed by atoms with Gasteiger partial charge in [0, 0.05) is 57.6 Å². The predicted molar refractivity (Wildman–Crippen MR) is 88.0 cm³/mol. The van der Waals surface area contributed by atoms with E-state index in [2.05, 4.69) is 23.1 Å². The molecular formula is C17H28N4O2. The van der Waals surface area contributed by atoms with Crippen LogP contribution in [0.15, 0.2) is 12.4 Å². The lowest BCUT2D eigenvalue weighted by atomic mass is 10.1. The first-order valence-electron chi connectivity index (χ1n) is 8.87. The van der Waals surface area contributed by atoms with Crippen molar-refractivity contribution in [2.24, 2.45) is 0 Å². The molecule has 0 aliphatic carbocycles. The van der Waals surface area contributed by atoms with Crippen molar-refractivity contribution in [3.63, 3.8) is 0 Å². The van der Waals surface area contributed by atoms with Crippen LogP contribution in [0.3, 0.4) is 0 Å². The number of carbonyl (C=O) groups excluding carboxylic acids is 1. The maximum atomic E-state index is 12.4. The van der Waals surface area contributed by atoms with Crippen LogP contribution in [0.5, 0.6) is 0 Å². The van der Waals surface area contributed by atoms with Crippen LogP contribution in [0, 0.1) is 0 Å². The Labute approximate surface area is 138 Å². The Balaban J connectivity index is 1.47. The van der Waals surface area contributed by atoms with Gasteiger partial charge in [0.15, 0.2) is 0 Å². The largest absolute Gasteiger partial charge is 0.378 e. The molecule has 0 spiro atoms. The normalized spacial score (nSPS) is 23.2. The van der Waals surface area contributed by atoms with E-state index in [4.69, 9.17) is 4.74 Å². The van der Waals surface area contributed by atoms with Gasteiger partial charge in [-0.3, -0.25) is 14.4 Å².